The second kappa shape index (κ2) is 5.22. The van der Waals surface area contributed by atoms with Crippen LogP contribution in [0.2, 0.25) is 0 Å². The van der Waals surface area contributed by atoms with Gasteiger partial charge >= 0.3 is 5.63 Å². The lowest BCUT2D eigenvalue weighted by Gasteiger charge is -2.12. The highest BCUT2D eigenvalue weighted by molar-refractivity contribution is 5.84. The average molecular weight is 296 g/mol. The Kier molecular flexibility index (Phi) is 3.37. The number of fused-ring (bicyclic) bond motifs is 1. The van der Waals surface area contributed by atoms with Gasteiger partial charge in [-0.05, 0) is 35.6 Å². The first-order valence-electron chi connectivity index (χ1n) is 7.06. The van der Waals surface area contributed by atoms with Crippen molar-refractivity contribution in [3.63, 3.8) is 0 Å². The van der Waals surface area contributed by atoms with E-state index >= 15 is 0 Å². The van der Waals surface area contributed by atoms with Gasteiger partial charge in [-0.25, -0.2) is 4.79 Å². The van der Waals surface area contributed by atoms with E-state index in [4.69, 9.17) is 4.42 Å². The minimum Gasteiger partial charge on any atom is -0.507 e. The van der Waals surface area contributed by atoms with Crippen LogP contribution in [0.4, 0.5) is 0 Å². The molecule has 1 aromatic heterocycles. The lowest BCUT2D eigenvalue weighted by atomic mass is 9.98. The molecule has 112 valence electrons. The molecule has 0 radical (unpaired) electrons. The average Bonchev–Trinajstić information content (AvgIpc) is 2.46. The summed E-state index contributed by atoms with van der Waals surface area (Å²) >= 11 is 0. The Bertz CT molecular complexity index is 883. The van der Waals surface area contributed by atoms with Crippen molar-refractivity contribution in [2.45, 2.75) is 19.8 Å². The zero-order valence-electron chi connectivity index (χ0n) is 12.3. The van der Waals surface area contributed by atoms with Gasteiger partial charge in [0.05, 0.1) is 5.39 Å². The van der Waals surface area contributed by atoms with Crippen molar-refractivity contribution in [3.05, 3.63) is 58.4 Å². The van der Waals surface area contributed by atoms with E-state index in [1.165, 1.54) is 12.1 Å². The SMILES string of the molecule is CC(C)c1c(O)cc(-c2cc3ccccc3c(=O)o2)cc1O. The van der Waals surface area contributed by atoms with Gasteiger partial charge in [-0.2, -0.15) is 0 Å². The van der Waals surface area contributed by atoms with Crippen molar-refractivity contribution in [1.82, 2.24) is 0 Å². The number of hydrogen-bond acceptors (Lipinski definition) is 4. The van der Waals surface area contributed by atoms with Crippen LogP contribution in [0.1, 0.15) is 25.3 Å². The molecule has 2 aromatic carbocycles. The molecule has 22 heavy (non-hydrogen) atoms. The van der Waals surface area contributed by atoms with Crippen molar-refractivity contribution >= 4 is 10.8 Å². The van der Waals surface area contributed by atoms with Crippen LogP contribution in [-0.2, 0) is 0 Å². The van der Waals surface area contributed by atoms with Gasteiger partial charge in [-0.3, -0.25) is 0 Å². The Balaban J connectivity index is 2.22. The number of rotatable bonds is 2. The van der Waals surface area contributed by atoms with Gasteiger partial charge in [0.2, 0.25) is 0 Å². The summed E-state index contributed by atoms with van der Waals surface area (Å²) in [7, 11) is 0. The van der Waals surface area contributed by atoms with E-state index in [2.05, 4.69) is 0 Å². The monoisotopic (exact) mass is 296 g/mol. The molecule has 0 saturated heterocycles. The number of hydrogen-bond donors (Lipinski definition) is 2. The molecule has 1 heterocycles. The van der Waals surface area contributed by atoms with Crippen LogP contribution in [0.15, 0.2) is 51.7 Å². The molecular formula is C18H16O4. The molecule has 2 N–H and O–H groups in total. The van der Waals surface area contributed by atoms with Crippen molar-refractivity contribution in [3.8, 4) is 22.8 Å². The molecule has 3 aromatic rings. The van der Waals surface area contributed by atoms with Crippen LogP contribution in [0.25, 0.3) is 22.1 Å². The zero-order chi connectivity index (χ0) is 15.9. The van der Waals surface area contributed by atoms with Gasteiger partial charge in [-0.1, -0.05) is 32.0 Å². The lowest BCUT2D eigenvalue weighted by molar-refractivity contribution is 0.433. The second-order valence-corrected chi connectivity index (χ2v) is 5.57. The molecule has 4 nitrogen and oxygen atoms in total. The smallest absolute Gasteiger partial charge is 0.344 e. The summed E-state index contributed by atoms with van der Waals surface area (Å²) < 4.78 is 5.31. The fraction of sp³-hybridized carbons (Fsp3) is 0.167. The topological polar surface area (TPSA) is 70.7 Å². The third kappa shape index (κ3) is 2.33. The lowest BCUT2D eigenvalue weighted by Crippen LogP contribution is -2.00. The van der Waals surface area contributed by atoms with Crippen molar-refractivity contribution in [2.75, 3.05) is 0 Å². The van der Waals surface area contributed by atoms with Crippen LogP contribution in [0.5, 0.6) is 11.5 Å². The third-order valence-electron chi connectivity index (χ3n) is 3.67. The number of benzene rings is 2. The van der Waals surface area contributed by atoms with Crippen LogP contribution in [-0.4, -0.2) is 10.2 Å². The number of phenolic OH excluding ortho intramolecular Hbond substituents is 2. The van der Waals surface area contributed by atoms with Gasteiger partial charge in [0, 0.05) is 11.1 Å². The van der Waals surface area contributed by atoms with Crippen LogP contribution in [0.3, 0.4) is 0 Å². The highest BCUT2D eigenvalue weighted by atomic mass is 16.4. The molecule has 0 atom stereocenters. The Morgan fingerprint density at radius 2 is 1.64 bits per heavy atom. The summed E-state index contributed by atoms with van der Waals surface area (Å²) in [5, 5.41) is 21.5. The first kappa shape index (κ1) is 14.2. The van der Waals surface area contributed by atoms with Gasteiger partial charge in [0.15, 0.2) is 0 Å². The molecule has 0 aliphatic rings. The Morgan fingerprint density at radius 3 is 2.27 bits per heavy atom. The molecule has 0 aliphatic heterocycles. The number of aromatic hydroxyl groups is 2. The quantitative estimate of drug-likeness (QED) is 0.750. The van der Waals surface area contributed by atoms with E-state index in [0.29, 0.717) is 22.3 Å². The van der Waals surface area contributed by atoms with Crippen LogP contribution >= 0.6 is 0 Å². The molecular weight excluding hydrogens is 280 g/mol. The maximum atomic E-state index is 12.0. The molecule has 0 unspecified atom stereocenters. The number of phenols is 2. The summed E-state index contributed by atoms with van der Waals surface area (Å²) in [6.45, 7) is 3.76. The molecule has 0 fully saturated rings. The van der Waals surface area contributed by atoms with Gasteiger partial charge in [0.1, 0.15) is 17.3 Å². The van der Waals surface area contributed by atoms with E-state index in [1.54, 1.807) is 18.2 Å². The molecule has 0 amide bonds. The predicted octanol–water partition coefficient (Wildman–Crippen LogP) is 3.99. The van der Waals surface area contributed by atoms with Crippen LogP contribution < -0.4 is 5.63 Å². The Labute approximate surface area is 127 Å². The molecule has 3 rings (SSSR count). The standard InChI is InChI=1S/C18H16O4/c1-10(2)17-14(19)7-12(8-15(17)20)16-9-11-5-3-4-6-13(11)18(21)22-16/h3-10,19-20H,1-2H3. The first-order chi connectivity index (χ1) is 10.5. The first-order valence-corrected chi connectivity index (χ1v) is 7.06. The van der Waals surface area contributed by atoms with E-state index in [-0.39, 0.29) is 17.4 Å². The largest absolute Gasteiger partial charge is 0.507 e. The second-order valence-electron chi connectivity index (χ2n) is 5.57. The van der Waals surface area contributed by atoms with Crippen molar-refractivity contribution < 1.29 is 14.6 Å². The Hall–Kier alpha value is -2.75. The van der Waals surface area contributed by atoms with Crippen molar-refractivity contribution in [2.24, 2.45) is 0 Å². The van der Waals surface area contributed by atoms with Crippen LogP contribution in [0, 0.1) is 0 Å². The summed E-state index contributed by atoms with van der Waals surface area (Å²) in [5.41, 5.74) is 0.495. The zero-order valence-corrected chi connectivity index (χ0v) is 12.3. The summed E-state index contributed by atoms with van der Waals surface area (Å²) in [5.74, 6) is 0.267. The van der Waals surface area contributed by atoms with Gasteiger partial charge in [-0.15, -0.1) is 0 Å². The maximum Gasteiger partial charge on any atom is 0.344 e. The maximum absolute atomic E-state index is 12.0. The fourth-order valence-electron chi connectivity index (χ4n) is 2.63. The molecule has 0 saturated carbocycles. The van der Waals surface area contributed by atoms with E-state index in [1.807, 2.05) is 26.0 Å². The molecule has 4 heteroatoms. The highest BCUT2D eigenvalue weighted by Crippen LogP contribution is 2.38. The summed E-state index contributed by atoms with van der Waals surface area (Å²) in [6.07, 6.45) is 0. The highest BCUT2D eigenvalue weighted by Gasteiger charge is 2.15. The van der Waals surface area contributed by atoms with Gasteiger partial charge < -0.3 is 14.6 Å². The third-order valence-corrected chi connectivity index (χ3v) is 3.67. The summed E-state index contributed by atoms with van der Waals surface area (Å²) in [4.78, 5) is 12.0. The minimum absolute atomic E-state index is 0.0131. The van der Waals surface area contributed by atoms with E-state index in [0.717, 1.165) is 5.39 Å². The van der Waals surface area contributed by atoms with Crippen molar-refractivity contribution in [1.29, 1.82) is 0 Å². The van der Waals surface area contributed by atoms with E-state index < -0.39 is 5.63 Å². The fourth-order valence-corrected chi connectivity index (χ4v) is 2.63. The normalized spacial score (nSPS) is 11.2. The van der Waals surface area contributed by atoms with E-state index in [9.17, 15) is 15.0 Å². The predicted molar refractivity (Wildman–Crippen MR) is 85.3 cm³/mol. The van der Waals surface area contributed by atoms with Gasteiger partial charge in [0.25, 0.3) is 0 Å². The Morgan fingerprint density at radius 1 is 1.00 bits per heavy atom. The molecule has 0 spiro atoms. The molecule has 0 bridgehead atoms. The molecule has 0 aliphatic carbocycles. The summed E-state index contributed by atoms with van der Waals surface area (Å²) in [6, 6.07) is 11.8. The minimum atomic E-state index is -0.444.